The second-order valence-corrected chi connectivity index (χ2v) is 9.98. The summed E-state index contributed by atoms with van der Waals surface area (Å²) in [7, 11) is 1.31. The van der Waals surface area contributed by atoms with Crippen LogP contribution in [0.5, 0.6) is 0 Å². The average Bonchev–Trinajstić information content (AvgIpc) is 3.43. The Morgan fingerprint density at radius 1 is 0.812 bits per heavy atom. The fourth-order valence-electron chi connectivity index (χ4n) is 4.21. The molecule has 0 aromatic carbocycles. The number of hydrogen-bond donors (Lipinski definition) is 2. The number of amides is 2. The number of methoxy groups -OCH3 is 1. The van der Waals surface area contributed by atoms with Crippen molar-refractivity contribution < 1.29 is 28.7 Å². The SMILES string of the molecule is COC(=O)c1c(NC(=O)COC(=O)c2c(NC(C)=O)sc3c2CCCC3)sc2c1CCC2. The largest absolute Gasteiger partial charge is 0.465 e. The van der Waals surface area contributed by atoms with Gasteiger partial charge in [0.2, 0.25) is 5.91 Å². The molecule has 0 atom stereocenters. The Bertz CT molecular complexity index is 1100. The quantitative estimate of drug-likeness (QED) is 0.615. The van der Waals surface area contributed by atoms with E-state index in [0.717, 1.165) is 65.8 Å². The van der Waals surface area contributed by atoms with Crippen molar-refractivity contribution in [2.24, 2.45) is 0 Å². The first-order valence-electron chi connectivity index (χ1n) is 10.5. The van der Waals surface area contributed by atoms with Gasteiger partial charge in [0.05, 0.1) is 18.2 Å². The molecule has 0 saturated heterocycles. The molecule has 2 amide bonds. The summed E-state index contributed by atoms with van der Waals surface area (Å²) in [5.41, 5.74) is 2.57. The Hall–Kier alpha value is -2.72. The molecule has 32 heavy (non-hydrogen) atoms. The molecule has 2 N–H and O–H groups in total. The fraction of sp³-hybridized carbons (Fsp3) is 0.455. The van der Waals surface area contributed by atoms with E-state index in [-0.39, 0.29) is 5.91 Å². The van der Waals surface area contributed by atoms with E-state index in [1.54, 1.807) is 0 Å². The van der Waals surface area contributed by atoms with Crippen LogP contribution in [0, 0.1) is 0 Å². The van der Waals surface area contributed by atoms with Gasteiger partial charge in [-0.15, -0.1) is 22.7 Å². The van der Waals surface area contributed by atoms with E-state index in [9.17, 15) is 19.2 Å². The van der Waals surface area contributed by atoms with Gasteiger partial charge in [0.1, 0.15) is 10.0 Å². The molecule has 0 bridgehead atoms. The van der Waals surface area contributed by atoms with E-state index in [2.05, 4.69) is 10.6 Å². The predicted molar refractivity (Wildman–Crippen MR) is 122 cm³/mol. The highest BCUT2D eigenvalue weighted by Crippen LogP contribution is 2.40. The Balaban J connectivity index is 1.47. The molecule has 0 spiro atoms. The maximum Gasteiger partial charge on any atom is 0.341 e. The van der Waals surface area contributed by atoms with Crippen LogP contribution >= 0.6 is 22.7 Å². The Morgan fingerprint density at radius 2 is 1.38 bits per heavy atom. The molecule has 170 valence electrons. The van der Waals surface area contributed by atoms with Crippen LogP contribution in [0.15, 0.2) is 0 Å². The number of thiophene rings is 2. The van der Waals surface area contributed by atoms with Gasteiger partial charge in [-0.3, -0.25) is 9.59 Å². The number of anilines is 2. The van der Waals surface area contributed by atoms with Crippen molar-refractivity contribution in [3.8, 4) is 0 Å². The number of ether oxygens (including phenoxy) is 2. The predicted octanol–water partition coefficient (Wildman–Crippen LogP) is 3.72. The van der Waals surface area contributed by atoms with Crippen LogP contribution in [0.3, 0.4) is 0 Å². The van der Waals surface area contributed by atoms with Gasteiger partial charge >= 0.3 is 11.9 Å². The van der Waals surface area contributed by atoms with Gasteiger partial charge in [0.25, 0.3) is 5.91 Å². The molecule has 8 nitrogen and oxygen atoms in total. The lowest BCUT2D eigenvalue weighted by Crippen LogP contribution is -2.22. The minimum absolute atomic E-state index is 0.267. The molecule has 2 heterocycles. The summed E-state index contributed by atoms with van der Waals surface area (Å²) >= 11 is 2.75. The van der Waals surface area contributed by atoms with Crippen molar-refractivity contribution >= 4 is 56.4 Å². The first-order chi connectivity index (χ1) is 15.4. The first-order valence-corrected chi connectivity index (χ1v) is 12.1. The van der Waals surface area contributed by atoms with E-state index < -0.39 is 24.5 Å². The van der Waals surface area contributed by atoms with E-state index >= 15 is 0 Å². The van der Waals surface area contributed by atoms with Gasteiger partial charge in [-0.1, -0.05) is 0 Å². The average molecular weight is 477 g/mol. The van der Waals surface area contributed by atoms with Gasteiger partial charge in [-0.2, -0.15) is 0 Å². The molecule has 2 aliphatic rings. The molecule has 0 fully saturated rings. The molecule has 2 aliphatic carbocycles. The normalized spacial score (nSPS) is 14.3. The number of esters is 2. The van der Waals surface area contributed by atoms with Gasteiger partial charge in [0.15, 0.2) is 6.61 Å². The van der Waals surface area contributed by atoms with Crippen LogP contribution in [0.1, 0.15) is 67.8 Å². The van der Waals surface area contributed by atoms with Crippen LogP contribution in [0.2, 0.25) is 0 Å². The van der Waals surface area contributed by atoms with Crippen LogP contribution < -0.4 is 10.6 Å². The molecule has 2 aromatic rings. The minimum atomic E-state index is -0.634. The van der Waals surface area contributed by atoms with Crippen LogP contribution in [-0.2, 0) is 44.7 Å². The van der Waals surface area contributed by atoms with E-state index in [1.165, 1.54) is 36.7 Å². The lowest BCUT2D eigenvalue weighted by atomic mass is 9.95. The third kappa shape index (κ3) is 4.42. The molecule has 0 aliphatic heterocycles. The van der Waals surface area contributed by atoms with Crippen LogP contribution in [-0.4, -0.2) is 37.5 Å². The lowest BCUT2D eigenvalue weighted by Gasteiger charge is -2.13. The van der Waals surface area contributed by atoms with Crippen LogP contribution in [0.25, 0.3) is 0 Å². The summed E-state index contributed by atoms with van der Waals surface area (Å²) in [6, 6.07) is 0. The molecule has 4 rings (SSSR count). The molecule has 0 radical (unpaired) electrons. The van der Waals surface area contributed by atoms with Crippen molar-refractivity contribution in [2.75, 3.05) is 24.4 Å². The Morgan fingerprint density at radius 3 is 2.03 bits per heavy atom. The molecule has 10 heteroatoms. The molecular formula is C22H24N2O6S2. The molecule has 0 saturated carbocycles. The monoisotopic (exact) mass is 476 g/mol. The summed E-state index contributed by atoms with van der Waals surface area (Å²) in [4.78, 5) is 51.3. The van der Waals surface area contributed by atoms with Crippen molar-refractivity contribution in [3.05, 3.63) is 32.0 Å². The van der Waals surface area contributed by atoms with Gasteiger partial charge in [-0.25, -0.2) is 9.59 Å². The summed E-state index contributed by atoms with van der Waals surface area (Å²) in [5, 5.41) is 6.31. The number of carbonyl (C=O) groups is 4. The zero-order chi connectivity index (χ0) is 22.8. The zero-order valence-corrected chi connectivity index (χ0v) is 19.6. The van der Waals surface area contributed by atoms with Crippen molar-refractivity contribution in [2.45, 2.75) is 51.9 Å². The fourth-order valence-corrected chi connectivity index (χ4v) is 6.82. The second kappa shape index (κ2) is 9.41. The number of fused-ring (bicyclic) bond motifs is 2. The zero-order valence-electron chi connectivity index (χ0n) is 17.9. The summed E-state index contributed by atoms with van der Waals surface area (Å²) in [6.07, 6.45) is 6.21. The van der Waals surface area contributed by atoms with E-state index in [0.29, 0.717) is 21.1 Å². The van der Waals surface area contributed by atoms with Crippen molar-refractivity contribution in [1.29, 1.82) is 0 Å². The van der Waals surface area contributed by atoms with E-state index in [4.69, 9.17) is 9.47 Å². The summed E-state index contributed by atoms with van der Waals surface area (Å²) in [6.45, 7) is 0.894. The summed E-state index contributed by atoms with van der Waals surface area (Å²) < 4.78 is 10.2. The number of nitrogens with one attached hydrogen (secondary N) is 2. The molecule has 2 aromatic heterocycles. The second-order valence-electron chi connectivity index (χ2n) is 7.77. The lowest BCUT2D eigenvalue weighted by molar-refractivity contribution is -0.119. The topological polar surface area (TPSA) is 111 Å². The van der Waals surface area contributed by atoms with E-state index in [1.807, 2.05) is 0 Å². The minimum Gasteiger partial charge on any atom is -0.465 e. The van der Waals surface area contributed by atoms with Gasteiger partial charge in [-0.05, 0) is 56.1 Å². The third-order valence-corrected chi connectivity index (χ3v) is 7.98. The van der Waals surface area contributed by atoms with Gasteiger partial charge < -0.3 is 20.1 Å². The van der Waals surface area contributed by atoms with Crippen molar-refractivity contribution in [3.63, 3.8) is 0 Å². The first kappa shape index (κ1) is 22.5. The summed E-state index contributed by atoms with van der Waals surface area (Å²) in [5.74, 6) is -1.92. The van der Waals surface area contributed by atoms with Crippen molar-refractivity contribution in [1.82, 2.24) is 0 Å². The maximum absolute atomic E-state index is 12.9. The van der Waals surface area contributed by atoms with Gasteiger partial charge in [0, 0.05) is 16.7 Å². The number of hydrogen-bond acceptors (Lipinski definition) is 8. The number of aryl methyl sites for hydroxylation is 2. The number of carbonyl (C=O) groups excluding carboxylic acids is 4. The highest BCUT2D eigenvalue weighted by molar-refractivity contribution is 7.17. The standard InChI is InChI=1S/C22H24N2O6S2/c1-11(25)23-19-18(12-6-3-4-8-14(12)31-19)22(28)30-10-16(26)24-20-17(21(27)29-2)13-7-5-9-15(13)32-20/h3-10H2,1-2H3,(H,23,25)(H,24,26). The Labute approximate surface area is 193 Å². The highest BCUT2D eigenvalue weighted by atomic mass is 32.1. The maximum atomic E-state index is 12.9. The Kier molecular flexibility index (Phi) is 6.61. The number of rotatable bonds is 6. The van der Waals surface area contributed by atoms with Crippen LogP contribution in [0.4, 0.5) is 10.0 Å². The third-order valence-electron chi connectivity index (χ3n) is 5.56. The molecule has 0 unspecified atom stereocenters. The highest BCUT2D eigenvalue weighted by Gasteiger charge is 2.29. The smallest absolute Gasteiger partial charge is 0.341 e. The molecular weight excluding hydrogens is 452 g/mol.